The summed E-state index contributed by atoms with van der Waals surface area (Å²) in [6.07, 6.45) is 1.64. The number of carbonyl (C=O) groups is 1. The van der Waals surface area contributed by atoms with Crippen molar-refractivity contribution in [3.8, 4) is 0 Å². The van der Waals surface area contributed by atoms with Crippen molar-refractivity contribution in [1.82, 2.24) is 15.6 Å². The second-order valence-corrected chi connectivity index (χ2v) is 4.86. The standard InChI is InChI=1S/C10H15N3O2S/c14-9(3-7-1-2-11-4-7)12-5-8-6-16-10(15)13-8/h6-7,11H,1-5H2,(H,12,14)(H,13,15). The largest absolute Gasteiger partial charge is 0.350 e. The van der Waals surface area contributed by atoms with E-state index in [2.05, 4.69) is 15.6 Å². The van der Waals surface area contributed by atoms with Gasteiger partial charge in [-0.3, -0.25) is 9.59 Å². The van der Waals surface area contributed by atoms with Crippen LogP contribution in [-0.2, 0) is 11.3 Å². The first kappa shape index (κ1) is 11.3. The molecule has 1 aromatic rings. The molecule has 1 aliphatic heterocycles. The molecule has 1 atom stereocenters. The summed E-state index contributed by atoms with van der Waals surface area (Å²) in [6.45, 7) is 2.36. The Morgan fingerprint density at radius 1 is 1.62 bits per heavy atom. The van der Waals surface area contributed by atoms with Gasteiger partial charge in [0.1, 0.15) is 0 Å². The normalized spacial score (nSPS) is 19.9. The molecule has 2 heterocycles. The van der Waals surface area contributed by atoms with Crippen LogP contribution >= 0.6 is 11.3 Å². The molecule has 0 bridgehead atoms. The Morgan fingerprint density at radius 2 is 2.50 bits per heavy atom. The highest BCUT2D eigenvalue weighted by Gasteiger charge is 2.17. The topological polar surface area (TPSA) is 74.0 Å². The third kappa shape index (κ3) is 3.18. The molecule has 0 radical (unpaired) electrons. The summed E-state index contributed by atoms with van der Waals surface area (Å²) in [6, 6.07) is 0. The van der Waals surface area contributed by atoms with Crippen LogP contribution in [0.4, 0.5) is 0 Å². The van der Waals surface area contributed by atoms with E-state index in [0.717, 1.165) is 36.5 Å². The average molecular weight is 241 g/mol. The summed E-state index contributed by atoms with van der Waals surface area (Å²) in [4.78, 5) is 25.0. The van der Waals surface area contributed by atoms with E-state index in [0.29, 0.717) is 18.9 Å². The predicted octanol–water partition coefficient (Wildman–Crippen LogP) is 0.0522. The molecular weight excluding hydrogens is 226 g/mol. The molecule has 3 N–H and O–H groups in total. The maximum Gasteiger partial charge on any atom is 0.304 e. The highest BCUT2D eigenvalue weighted by molar-refractivity contribution is 7.07. The van der Waals surface area contributed by atoms with Gasteiger partial charge in [-0.25, -0.2) is 0 Å². The molecule has 2 rings (SSSR count). The molecule has 1 fully saturated rings. The molecule has 1 amide bonds. The number of hydrogen-bond acceptors (Lipinski definition) is 4. The van der Waals surface area contributed by atoms with E-state index in [9.17, 15) is 9.59 Å². The SMILES string of the molecule is O=C(CC1CCNC1)NCc1csc(=O)[nH]1. The fourth-order valence-corrected chi connectivity index (χ4v) is 2.40. The lowest BCUT2D eigenvalue weighted by Crippen LogP contribution is -2.26. The third-order valence-electron chi connectivity index (χ3n) is 2.68. The summed E-state index contributed by atoms with van der Waals surface area (Å²) in [5.41, 5.74) is 0.771. The molecule has 88 valence electrons. The Hall–Kier alpha value is -1.14. The molecule has 5 nitrogen and oxygen atoms in total. The van der Waals surface area contributed by atoms with Crippen molar-refractivity contribution in [2.45, 2.75) is 19.4 Å². The number of rotatable bonds is 4. The zero-order valence-corrected chi connectivity index (χ0v) is 9.73. The Morgan fingerprint density at radius 3 is 3.12 bits per heavy atom. The lowest BCUT2D eigenvalue weighted by molar-refractivity contribution is -0.122. The fourth-order valence-electron chi connectivity index (χ4n) is 1.82. The van der Waals surface area contributed by atoms with Crippen molar-refractivity contribution in [3.63, 3.8) is 0 Å². The minimum Gasteiger partial charge on any atom is -0.350 e. The number of aromatic nitrogens is 1. The lowest BCUT2D eigenvalue weighted by atomic mass is 10.0. The molecule has 1 unspecified atom stereocenters. The summed E-state index contributed by atoms with van der Waals surface area (Å²) in [7, 11) is 0. The van der Waals surface area contributed by atoms with E-state index in [1.165, 1.54) is 0 Å². The maximum atomic E-state index is 11.6. The van der Waals surface area contributed by atoms with Crippen LogP contribution in [0.1, 0.15) is 18.5 Å². The van der Waals surface area contributed by atoms with Gasteiger partial charge in [-0.2, -0.15) is 0 Å². The maximum absolute atomic E-state index is 11.6. The first-order valence-electron chi connectivity index (χ1n) is 5.38. The van der Waals surface area contributed by atoms with Crippen LogP contribution in [0.25, 0.3) is 0 Å². The number of hydrogen-bond donors (Lipinski definition) is 3. The van der Waals surface area contributed by atoms with Crippen molar-refractivity contribution in [1.29, 1.82) is 0 Å². The number of thiazole rings is 1. The van der Waals surface area contributed by atoms with E-state index in [1.807, 2.05) is 0 Å². The Kier molecular flexibility index (Phi) is 3.74. The van der Waals surface area contributed by atoms with Crippen molar-refractivity contribution >= 4 is 17.2 Å². The van der Waals surface area contributed by atoms with Crippen LogP contribution in [0.2, 0.25) is 0 Å². The number of aromatic amines is 1. The van der Waals surface area contributed by atoms with Gasteiger partial charge in [-0.15, -0.1) is 0 Å². The van der Waals surface area contributed by atoms with Gasteiger partial charge in [-0.1, -0.05) is 11.3 Å². The Balaban J connectivity index is 1.73. The first-order valence-corrected chi connectivity index (χ1v) is 6.26. The molecular formula is C10H15N3O2S. The Bertz CT molecular complexity index is 406. The van der Waals surface area contributed by atoms with E-state index < -0.39 is 0 Å². The molecule has 1 aliphatic rings. The third-order valence-corrected chi connectivity index (χ3v) is 3.40. The lowest BCUT2D eigenvalue weighted by Gasteiger charge is -2.07. The number of amides is 1. The molecule has 0 aliphatic carbocycles. The summed E-state index contributed by atoms with van der Waals surface area (Å²) >= 11 is 1.12. The molecule has 0 aromatic carbocycles. The van der Waals surface area contributed by atoms with E-state index >= 15 is 0 Å². The smallest absolute Gasteiger partial charge is 0.304 e. The van der Waals surface area contributed by atoms with Crippen LogP contribution in [0.3, 0.4) is 0 Å². The zero-order valence-electron chi connectivity index (χ0n) is 8.91. The highest BCUT2D eigenvalue weighted by atomic mass is 32.1. The average Bonchev–Trinajstić information content (AvgIpc) is 2.87. The van der Waals surface area contributed by atoms with Gasteiger partial charge >= 0.3 is 4.87 Å². The number of carbonyl (C=O) groups excluding carboxylic acids is 1. The van der Waals surface area contributed by atoms with Crippen molar-refractivity contribution in [3.05, 3.63) is 20.7 Å². The van der Waals surface area contributed by atoms with Crippen LogP contribution in [0.5, 0.6) is 0 Å². The van der Waals surface area contributed by atoms with Gasteiger partial charge in [0.2, 0.25) is 5.91 Å². The fraction of sp³-hybridized carbons (Fsp3) is 0.600. The van der Waals surface area contributed by atoms with Gasteiger partial charge in [0.15, 0.2) is 0 Å². The van der Waals surface area contributed by atoms with Crippen LogP contribution in [0.15, 0.2) is 10.2 Å². The second kappa shape index (κ2) is 5.27. The molecule has 0 spiro atoms. The summed E-state index contributed by atoms with van der Waals surface area (Å²) in [5, 5.41) is 7.77. The molecule has 0 saturated carbocycles. The minimum absolute atomic E-state index is 0.0562. The monoisotopic (exact) mass is 241 g/mol. The van der Waals surface area contributed by atoms with E-state index in [1.54, 1.807) is 5.38 Å². The molecule has 1 saturated heterocycles. The van der Waals surface area contributed by atoms with Gasteiger partial charge < -0.3 is 15.6 Å². The number of H-pyrrole nitrogens is 1. The molecule has 6 heteroatoms. The van der Waals surface area contributed by atoms with Crippen LogP contribution < -0.4 is 15.5 Å². The Labute approximate surface area is 97.3 Å². The molecule has 16 heavy (non-hydrogen) atoms. The van der Waals surface area contributed by atoms with Gasteiger partial charge in [0, 0.05) is 17.5 Å². The predicted molar refractivity (Wildman–Crippen MR) is 62.4 cm³/mol. The number of nitrogens with one attached hydrogen (secondary N) is 3. The minimum atomic E-state index is -0.0794. The first-order chi connectivity index (χ1) is 7.74. The second-order valence-electron chi connectivity index (χ2n) is 4.01. The van der Waals surface area contributed by atoms with Gasteiger partial charge in [0.25, 0.3) is 0 Å². The highest BCUT2D eigenvalue weighted by Crippen LogP contribution is 2.11. The van der Waals surface area contributed by atoms with Crippen molar-refractivity contribution in [2.75, 3.05) is 13.1 Å². The molecule has 1 aromatic heterocycles. The summed E-state index contributed by atoms with van der Waals surface area (Å²) < 4.78 is 0. The van der Waals surface area contributed by atoms with Gasteiger partial charge in [-0.05, 0) is 25.4 Å². The van der Waals surface area contributed by atoms with Gasteiger partial charge in [0.05, 0.1) is 6.54 Å². The van der Waals surface area contributed by atoms with Crippen LogP contribution in [-0.4, -0.2) is 24.0 Å². The van der Waals surface area contributed by atoms with Crippen molar-refractivity contribution in [2.24, 2.45) is 5.92 Å². The summed E-state index contributed by atoms with van der Waals surface area (Å²) in [5.74, 6) is 0.516. The van der Waals surface area contributed by atoms with E-state index in [4.69, 9.17) is 0 Å². The zero-order chi connectivity index (χ0) is 11.4. The van der Waals surface area contributed by atoms with Crippen molar-refractivity contribution < 1.29 is 4.79 Å². The quantitative estimate of drug-likeness (QED) is 0.697. The van der Waals surface area contributed by atoms with E-state index in [-0.39, 0.29) is 10.8 Å². The van der Waals surface area contributed by atoms with Crippen LogP contribution in [0, 0.1) is 5.92 Å².